The molecule has 0 aromatic carbocycles. The van der Waals surface area contributed by atoms with Crippen LogP contribution in [0.1, 0.15) is 34.7 Å². The third-order valence-corrected chi connectivity index (χ3v) is 4.20. The summed E-state index contributed by atoms with van der Waals surface area (Å²) in [5.74, 6) is 2.28. The van der Waals surface area contributed by atoms with E-state index in [0.29, 0.717) is 12.4 Å². The molecule has 0 radical (unpaired) electrons. The molecule has 2 heterocycles. The quantitative estimate of drug-likeness (QED) is 0.658. The highest BCUT2D eigenvalue weighted by molar-refractivity contribution is 7.10. The number of aryl methyl sites for hydroxylation is 3. The van der Waals surface area contributed by atoms with Gasteiger partial charge in [0.2, 0.25) is 5.89 Å². The van der Waals surface area contributed by atoms with Gasteiger partial charge in [0, 0.05) is 11.4 Å². The van der Waals surface area contributed by atoms with Gasteiger partial charge in [0.05, 0.1) is 12.2 Å². The Labute approximate surface area is 129 Å². The number of oxazole rings is 1. The van der Waals surface area contributed by atoms with Gasteiger partial charge in [-0.2, -0.15) is 0 Å². The summed E-state index contributed by atoms with van der Waals surface area (Å²) in [5.41, 5.74) is 2.23. The van der Waals surface area contributed by atoms with Crippen molar-refractivity contribution in [3.05, 3.63) is 39.2 Å². The number of thiophene rings is 1. The molecule has 0 bridgehead atoms. The number of hydrogen-bond donors (Lipinski definition) is 2. The second-order valence-corrected chi connectivity index (χ2v) is 5.83. The smallest absolute Gasteiger partial charge is 0.216 e. The molecule has 0 atom stereocenters. The molecule has 0 spiro atoms. The van der Waals surface area contributed by atoms with Gasteiger partial charge < -0.3 is 15.1 Å². The Morgan fingerprint density at radius 1 is 1.33 bits per heavy atom. The molecule has 21 heavy (non-hydrogen) atoms. The molecule has 2 N–H and O–H groups in total. The van der Waals surface area contributed by atoms with Crippen molar-refractivity contribution < 1.29 is 4.42 Å². The Kier molecular flexibility index (Phi) is 5.38. The topological polar surface area (TPSA) is 62.5 Å². The Morgan fingerprint density at radius 3 is 2.71 bits per heavy atom. The molecule has 0 saturated heterocycles. The number of aromatic nitrogens is 1. The standard InChI is InChI=1S/C15H22N4OS/c1-5-16-15(17-8-13-10(2)6-7-21-13)18-9-14-19-11(3)12(4)20-14/h6-7H,5,8-9H2,1-4H3,(H2,16,17,18). The predicted molar refractivity (Wildman–Crippen MR) is 86.7 cm³/mol. The average Bonchev–Trinajstić information content (AvgIpc) is 3.00. The Bertz CT molecular complexity index is 595. The van der Waals surface area contributed by atoms with E-state index < -0.39 is 0 Å². The lowest BCUT2D eigenvalue weighted by molar-refractivity contribution is 0.473. The summed E-state index contributed by atoms with van der Waals surface area (Å²) in [6, 6.07) is 2.13. The van der Waals surface area contributed by atoms with Gasteiger partial charge in [-0.25, -0.2) is 9.98 Å². The highest BCUT2D eigenvalue weighted by atomic mass is 32.1. The first-order valence-corrected chi connectivity index (χ1v) is 7.96. The third kappa shape index (κ3) is 4.32. The summed E-state index contributed by atoms with van der Waals surface area (Å²) in [6.07, 6.45) is 0. The minimum atomic E-state index is 0.438. The molecule has 0 fully saturated rings. The predicted octanol–water partition coefficient (Wildman–Crippen LogP) is 2.92. The first-order valence-electron chi connectivity index (χ1n) is 7.08. The molecule has 0 saturated carbocycles. The number of guanidine groups is 1. The summed E-state index contributed by atoms with van der Waals surface area (Å²) in [6.45, 7) is 10.1. The number of hydrogen-bond acceptors (Lipinski definition) is 4. The molecule has 0 aliphatic heterocycles. The largest absolute Gasteiger partial charge is 0.444 e. The normalized spacial score (nSPS) is 11.7. The van der Waals surface area contributed by atoms with Crippen LogP contribution in [0.5, 0.6) is 0 Å². The molecular formula is C15H22N4OS. The van der Waals surface area contributed by atoms with Gasteiger partial charge in [0.1, 0.15) is 12.3 Å². The van der Waals surface area contributed by atoms with E-state index in [9.17, 15) is 0 Å². The zero-order valence-corrected chi connectivity index (χ0v) is 13.8. The van der Waals surface area contributed by atoms with Gasteiger partial charge in [-0.1, -0.05) is 0 Å². The summed E-state index contributed by atoms with van der Waals surface area (Å²) < 4.78 is 5.54. The Balaban J connectivity index is 1.97. The van der Waals surface area contributed by atoms with Crippen LogP contribution in [-0.4, -0.2) is 17.5 Å². The van der Waals surface area contributed by atoms with Crippen molar-refractivity contribution in [2.24, 2.45) is 4.99 Å². The van der Waals surface area contributed by atoms with E-state index in [1.807, 2.05) is 20.8 Å². The van der Waals surface area contributed by atoms with Crippen LogP contribution in [-0.2, 0) is 13.1 Å². The van der Waals surface area contributed by atoms with E-state index >= 15 is 0 Å². The maximum absolute atomic E-state index is 5.54. The maximum Gasteiger partial charge on any atom is 0.216 e. The summed E-state index contributed by atoms with van der Waals surface area (Å²) in [4.78, 5) is 10.2. The first kappa shape index (κ1) is 15.6. The van der Waals surface area contributed by atoms with E-state index in [4.69, 9.17) is 4.42 Å². The van der Waals surface area contributed by atoms with Crippen LogP contribution in [0.15, 0.2) is 20.9 Å². The lowest BCUT2D eigenvalue weighted by atomic mass is 10.3. The second-order valence-electron chi connectivity index (χ2n) is 4.82. The molecule has 114 valence electrons. The fourth-order valence-corrected chi connectivity index (χ4v) is 2.69. The summed E-state index contributed by atoms with van der Waals surface area (Å²) >= 11 is 1.75. The molecule has 2 aromatic heterocycles. The summed E-state index contributed by atoms with van der Waals surface area (Å²) in [5, 5.41) is 8.67. The highest BCUT2D eigenvalue weighted by Crippen LogP contribution is 2.14. The number of rotatable bonds is 5. The van der Waals surface area contributed by atoms with Crippen molar-refractivity contribution >= 4 is 17.3 Å². The lowest BCUT2D eigenvalue weighted by Crippen LogP contribution is -2.36. The first-order chi connectivity index (χ1) is 10.1. The highest BCUT2D eigenvalue weighted by Gasteiger charge is 2.06. The zero-order chi connectivity index (χ0) is 15.2. The van der Waals surface area contributed by atoms with Gasteiger partial charge in [-0.05, 0) is 44.7 Å². The monoisotopic (exact) mass is 306 g/mol. The minimum absolute atomic E-state index is 0.438. The average molecular weight is 306 g/mol. The van der Waals surface area contributed by atoms with Gasteiger partial charge in [-0.3, -0.25) is 0 Å². The Hall–Kier alpha value is -1.82. The van der Waals surface area contributed by atoms with E-state index in [1.54, 1.807) is 11.3 Å². The van der Waals surface area contributed by atoms with Crippen LogP contribution >= 0.6 is 11.3 Å². The minimum Gasteiger partial charge on any atom is -0.444 e. The van der Waals surface area contributed by atoms with Crippen molar-refractivity contribution in [1.82, 2.24) is 15.6 Å². The number of nitrogens with one attached hydrogen (secondary N) is 2. The molecule has 2 rings (SSSR count). The molecule has 0 aliphatic carbocycles. The van der Waals surface area contributed by atoms with Crippen LogP contribution in [0.2, 0.25) is 0 Å². The zero-order valence-electron chi connectivity index (χ0n) is 13.0. The SMILES string of the molecule is CCNC(=NCc1nc(C)c(C)o1)NCc1sccc1C. The van der Waals surface area contributed by atoms with Crippen molar-refractivity contribution in [3.63, 3.8) is 0 Å². The van der Waals surface area contributed by atoms with Crippen molar-refractivity contribution in [2.45, 2.75) is 40.8 Å². The second kappa shape index (κ2) is 7.26. The molecular weight excluding hydrogens is 284 g/mol. The third-order valence-electron chi connectivity index (χ3n) is 3.17. The van der Waals surface area contributed by atoms with Crippen molar-refractivity contribution in [3.8, 4) is 0 Å². The van der Waals surface area contributed by atoms with E-state index in [1.165, 1.54) is 10.4 Å². The van der Waals surface area contributed by atoms with E-state index in [0.717, 1.165) is 30.5 Å². The molecule has 0 unspecified atom stereocenters. The van der Waals surface area contributed by atoms with E-state index in [2.05, 4.69) is 39.0 Å². The molecule has 0 amide bonds. The van der Waals surface area contributed by atoms with Crippen LogP contribution in [0.25, 0.3) is 0 Å². The van der Waals surface area contributed by atoms with Crippen LogP contribution in [0.3, 0.4) is 0 Å². The van der Waals surface area contributed by atoms with Gasteiger partial charge in [-0.15, -0.1) is 11.3 Å². The van der Waals surface area contributed by atoms with Crippen LogP contribution in [0.4, 0.5) is 0 Å². The Morgan fingerprint density at radius 2 is 2.14 bits per heavy atom. The maximum atomic E-state index is 5.54. The lowest BCUT2D eigenvalue weighted by Gasteiger charge is -2.10. The van der Waals surface area contributed by atoms with Gasteiger partial charge in [0.15, 0.2) is 5.96 Å². The van der Waals surface area contributed by atoms with Gasteiger partial charge in [0.25, 0.3) is 0 Å². The van der Waals surface area contributed by atoms with Crippen molar-refractivity contribution in [2.75, 3.05) is 6.54 Å². The molecule has 0 aliphatic rings. The van der Waals surface area contributed by atoms with Crippen molar-refractivity contribution in [1.29, 1.82) is 0 Å². The summed E-state index contributed by atoms with van der Waals surface area (Å²) in [7, 11) is 0. The van der Waals surface area contributed by atoms with Gasteiger partial charge >= 0.3 is 0 Å². The van der Waals surface area contributed by atoms with Crippen LogP contribution in [0, 0.1) is 20.8 Å². The fraction of sp³-hybridized carbons (Fsp3) is 0.467. The molecule has 2 aromatic rings. The van der Waals surface area contributed by atoms with E-state index in [-0.39, 0.29) is 0 Å². The number of nitrogens with zero attached hydrogens (tertiary/aromatic N) is 2. The fourth-order valence-electron chi connectivity index (χ4n) is 1.84. The molecule has 5 nitrogen and oxygen atoms in total. The number of aliphatic imine (C=N–C) groups is 1. The molecule has 6 heteroatoms. The van der Waals surface area contributed by atoms with Crippen LogP contribution < -0.4 is 10.6 Å².